The zero-order valence-electron chi connectivity index (χ0n) is 7.88. The lowest BCUT2D eigenvalue weighted by molar-refractivity contribution is 0.0976. The predicted octanol–water partition coefficient (Wildman–Crippen LogP) is 0.327. The Kier molecular flexibility index (Phi) is 3.56. The Bertz CT molecular complexity index is 454. The van der Waals surface area contributed by atoms with Gasteiger partial charge in [0.15, 0.2) is 0 Å². The van der Waals surface area contributed by atoms with Crippen molar-refractivity contribution in [2.24, 2.45) is 0 Å². The highest BCUT2D eigenvalue weighted by Crippen LogP contribution is 1.95. The van der Waals surface area contributed by atoms with E-state index in [4.69, 9.17) is 0 Å². The van der Waals surface area contributed by atoms with E-state index in [-0.39, 0.29) is 11.4 Å². The van der Waals surface area contributed by atoms with E-state index in [0.717, 1.165) is 0 Å². The van der Waals surface area contributed by atoms with Crippen LogP contribution in [0.2, 0.25) is 0 Å². The van der Waals surface area contributed by atoms with Crippen LogP contribution < -0.4 is 4.72 Å². The van der Waals surface area contributed by atoms with E-state index in [1.54, 1.807) is 12.1 Å². The predicted molar refractivity (Wildman–Crippen MR) is 55.7 cm³/mol. The molecule has 80 valence electrons. The minimum Gasteiger partial charge on any atom is -0.266 e. The van der Waals surface area contributed by atoms with Gasteiger partial charge in [-0.25, -0.2) is 13.1 Å². The summed E-state index contributed by atoms with van der Waals surface area (Å²) in [5, 5.41) is 0. The molecule has 0 unspecified atom stereocenters. The average Bonchev–Trinajstić information content (AvgIpc) is 2.18. The van der Waals surface area contributed by atoms with Crippen LogP contribution >= 0.6 is 0 Å². The van der Waals surface area contributed by atoms with E-state index >= 15 is 0 Å². The highest BCUT2D eigenvalue weighted by Gasteiger charge is 2.14. The molecule has 0 fully saturated rings. The third-order valence-corrected chi connectivity index (χ3v) is 2.65. The van der Waals surface area contributed by atoms with Crippen molar-refractivity contribution in [1.82, 2.24) is 9.71 Å². The van der Waals surface area contributed by atoms with Crippen LogP contribution in [0, 0.1) is 0 Å². The van der Waals surface area contributed by atoms with Gasteiger partial charge in [-0.1, -0.05) is 12.1 Å². The van der Waals surface area contributed by atoms with Crippen LogP contribution in [-0.2, 0) is 10.0 Å². The van der Waals surface area contributed by atoms with Gasteiger partial charge in [-0.3, -0.25) is 9.78 Å². The van der Waals surface area contributed by atoms with Gasteiger partial charge in [0, 0.05) is 6.20 Å². The summed E-state index contributed by atoms with van der Waals surface area (Å²) in [6, 6.07) is 4.66. The molecule has 0 aliphatic rings. The second kappa shape index (κ2) is 4.70. The molecule has 0 aromatic carbocycles. The minimum absolute atomic E-state index is 0.0603. The van der Waals surface area contributed by atoms with Crippen LogP contribution in [0.4, 0.5) is 0 Å². The number of hydrogen-bond acceptors (Lipinski definition) is 4. The number of aromatic nitrogens is 1. The smallest absolute Gasteiger partial charge is 0.266 e. The lowest BCUT2D eigenvalue weighted by Gasteiger charge is -2.03. The molecule has 0 saturated carbocycles. The number of nitrogens with zero attached hydrogens (tertiary/aromatic N) is 1. The van der Waals surface area contributed by atoms with Crippen molar-refractivity contribution in [3.05, 3.63) is 42.7 Å². The highest BCUT2D eigenvalue weighted by molar-refractivity contribution is 7.90. The third kappa shape index (κ3) is 3.51. The number of amides is 1. The van der Waals surface area contributed by atoms with Crippen LogP contribution in [0.1, 0.15) is 10.5 Å². The molecule has 0 aliphatic heterocycles. The van der Waals surface area contributed by atoms with Gasteiger partial charge in [0.25, 0.3) is 5.91 Å². The number of carbonyl (C=O) groups is 1. The van der Waals surface area contributed by atoms with Gasteiger partial charge in [0.1, 0.15) is 5.69 Å². The first-order chi connectivity index (χ1) is 7.05. The minimum atomic E-state index is -3.64. The number of hydrogen-bond donors (Lipinski definition) is 1. The fraction of sp³-hybridized carbons (Fsp3) is 0.111. The summed E-state index contributed by atoms with van der Waals surface area (Å²) in [5.74, 6) is -1.04. The van der Waals surface area contributed by atoms with Crippen molar-refractivity contribution < 1.29 is 13.2 Å². The van der Waals surface area contributed by atoms with E-state index in [1.165, 1.54) is 18.3 Å². The average molecular weight is 226 g/mol. The standard InChI is InChI=1S/C9H10N2O3S/c1-2-7-15(13,14)11-9(12)8-5-3-4-6-10-8/h2-6H,1,7H2,(H,11,12). The monoisotopic (exact) mass is 226 g/mol. The molecule has 5 nitrogen and oxygen atoms in total. The molecule has 0 atom stereocenters. The molecular weight excluding hydrogens is 216 g/mol. The van der Waals surface area contributed by atoms with Gasteiger partial charge in [-0.15, -0.1) is 6.58 Å². The Hall–Kier alpha value is -1.69. The Morgan fingerprint density at radius 3 is 2.80 bits per heavy atom. The van der Waals surface area contributed by atoms with E-state index in [0.29, 0.717) is 0 Å². The molecule has 1 amide bonds. The lowest BCUT2D eigenvalue weighted by atomic mass is 10.3. The molecule has 0 saturated heterocycles. The summed E-state index contributed by atoms with van der Waals surface area (Å²) >= 11 is 0. The number of sulfonamides is 1. The summed E-state index contributed by atoms with van der Waals surface area (Å²) in [6.07, 6.45) is 2.61. The molecule has 1 aromatic rings. The molecule has 1 N–H and O–H groups in total. The van der Waals surface area contributed by atoms with Crippen LogP contribution in [-0.4, -0.2) is 25.1 Å². The first-order valence-electron chi connectivity index (χ1n) is 4.12. The van der Waals surface area contributed by atoms with Gasteiger partial charge in [-0.05, 0) is 12.1 Å². The molecule has 1 aromatic heterocycles. The van der Waals surface area contributed by atoms with Gasteiger partial charge < -0.3 is 0 Å². The van der Waals surface area contributed by atoms with Gasteiger partial charge >= 0.3 is 0 Å². The first-order valence-corrected chi connectivity index (χ1v) is 5.77. The zero-order valence-corrected chi connectivity index (χ0v) is 8.70. The van der Waals surface area contributed by atoms with Gasteiger partial charge in [-0.2, -0.15) is 0 Å². The van der Waals surface area contributed by atoms with Crippen LogP contribution in [0.25, 0.3) is 0 Å². The second-order valence-electron chi connectivity index (χ2n) is 2.72. The number of carbonyl (C=O) groups excluding carboxylic acids is 1. The van der Waals surface area contributed by atoms with Crippen LogP contribution in [0.5, 0.6) is 0 Å². The van der Waals surface area contributed by atoms with Crippen molar-refractivity contribution in [3.8, 4) is 0 Å². The summed E-state index contributed by atoms with van der Waals surface area (Å²) in [5.41, 5.74) is 0.0603. The number of rotatable bonds is 4. The highest BCUT2D eigenvalue weighted by atomic mass is 32.2. The van der Waals surface area contributed by atoms with E-state index < -0.39 is 15.9 Å². The Balaban J connectivity index is 2.77. The molecule has 0 bridgehead atoms. The summed E-state index contributed by atoms with van der Waals surface area (Å²) < 4.78 is 24.2. The normalized spacial score (nSPS) is 10.7. The van der Waals surface area contributed by atoms with Crippen LogP contribution in [0.3, 0.4) is 0 Å². The van der Waals surface area contributed by atoms with E-state index in [1.807, 2.05) is 4.72 Å². The second-order valence-corrected chi connectivity index (χ2v) is 4.48. The molecule has 6 heteroatoms. The maximum atomic E-state index is 11.3. The quantitative estimate of drug-likeness (QED) is 0.750. The Morgan fingerprint density at radius 2 is 2.27 bits per heavy atom. The number of nitrogens with one attached hydrogen (secondary N) is 1. The number of pyridine rings is 1. The largest absolute Gasteiger partial charge is 0.283 e. The molecule has 15 heavy (non-hydrogen) atoms. The summed E-state index contributed by atoms with van der Waals surface area (Å²) in [6.45, 7) is 3.28. The van der Waals surface area contributed by atoms with Crippen molar-refractivity contribution in [3.63, 3.8) is 0 Å². The molecule has 0 spiro atoms. The molecule has 1 rings (SSSR count). The zero-order chi connectivity index (χ0) is 11.3. The summed E-state index contributed by atoms with van der Waals surface area (Å²) in [7, 11) is -3.64. The maximum absolute atomic E-state index is 11.3. The fourth-order valence-electron chi connectivity index (χ4n) is 0.887. The molecule has 0 radical (unpaired) electrons. The topological polar surface area (TPSA) is 76.1 Å². The van der Waals surface area contributed by atoms with Gasteiger partial charge in [0.05, 0.1) is 5.75 Å². The third-order valence-electron chi connectivity index (χ3n) is 1.48. The fourth-order valence-corrected chi connectivity index (χ4v) is 1.67. The van der Waals surface area contributed by atoms with Crippen molar-refractivity contribution in [1.29, 1.82) is 0 Å². The Morgan fingerprint density at radius 1 is 1.53 bits per heavy atom. The van der Waals surface area contributed by atoms with E-state index in [2.05, 4.69) is 11.6 Å². The summed E-state index contributed by atoms with van der Waals surface area (Å²) in [4.78, 5) is 15.1. The maximum Gasteiger partial charge on any atom is 0.283 e. The van der Waals surface area contributed by atoms with Crippen molar-refractivity contribution in [2.45, 2.75) is 0 Å². The Labute approximate surface area is 87.9 Å². The SMILES string of the molecule is C=CCS(=O)(=O)NC(=O)c1ccccn1. The van der Waals surface area contributed by atoms with Crippen molar-refractivity contribution >= 4 is 15.9 Å². The molecule has 1 heterocycles. The van der Waals surface area contributed by atoms with Crippen LogP contribution in [0.15, 0.2) is 37.1 Å². The van der Waals surface area contributed by atoms with Gasteiger partial charge in [0.2, 0.25) is 10.0 Å². The lowest BCUT2D eigenvalue weighted by Crippen LogP contribution is -2.32. The molecular formula is C9H10N2O3S. The first kappa shape index (κ1) is 11.4. The van der Waals surface area contributed by atoms with E-state index in [9.17, 15) is 13.2 Å². The molecule has 0 aliphatic carbocycles. The van der Waals surface area contributed by atoms with Crippen molar-refractivity contribution in [2.75, 3.05) is 5.75 Å².